The van der Waals surface area contributed by atoms with Crippen LogP contribution in [0.1, 0.15) is 71.6 Å². The van der Waals surface area contributed by atoms with Crippen molar-refractivity contribution in [3.63, 3.8) is 0 Å². The normalized spacial score (nSPS) is 27.9. The van der Waals surface area contributed by atoms with Crippen LogP contribution in [0.2, 0.25) is 0 Å². The van der Waals surface area contributed by atoms with Gasteiger partial charge in [0.1, 0.15) is 0 Å². The molecule has 1 aliphatic carbocycles. The number of rotatable bonds is 9. The second kappa shape index (κ2) is 9.73. The third kappa shape index (κ3) is 7.91. The zero-order chi connectivity index (χ0) is 14.1. The molecular weight excluding hydrogens is 236 g/mol. The lowest BCUT2D eigenvalue weighted by atomic mass is 9.89. The van der Waals surface area contributed by atoms with Crippen molar-refractivity contribution in [1.29, 1.82) is 0 Å². The highest BCUT2D eigenvalue weighted by molar-refractivity contribution is 4.85. The molecule has 114 valence electrons. The number of hydrogen-bond donors (Lipinski definition) is 2. The number of ether oxygens (including phenoxy) is 1. The van der Waals surface area contributed by atoms with E-state index in [2.05, 4.69) is 13.8 Å². The molecule has 19 heavy (non-hydrogen) atoms. The lowest BCUT2D eigenvalue weighted by Crippen LogP contribution is -2.46. The summed E-state index contributed by atoms with van der Waals surface area (Å²) in [6.45, 7) is 5.47. The highest BCUT2D eigenvalue weighted by atomic mass is 16.5. The van der Waals surface area contributed by atoms with Gasteiger partial charge >= 0.3 is 0 Å². The van der Waals surface area contributed by atoms with Gasteiger partial charge in [0.15, 0.2) is 0 Å². The van der Waals surface area contributed by atoms with Crippen LogP contribution in [0.3, 0.4) is 0 Å². The molecule has 1 aliphatic rings. The standard InChI is InChI=1S/C16H34N2O/c1-13(2)8-6-4-3-5-7-11-19-16-10-9-14(17)12-15(16)18/h13-16H,3-12,17-18H2,1-2H3. The van der Waals surface area contributed by atoms with Crippen molar-refractivity contribution in [2.75, 3.05) is 6.61 Å². The van der Waals surface area contributed by atoms with Crippen molar-refractivity contribution >= 4 is 0 Å². The van der Waals surface area contributed by atoms with E-state index in [1.807, 2.05) is 0 Å². The summed E-state index contributed by atoms with van der Waals surface area (Å²) in [5, 5.41) is 0. The first-order valence-electron chi connectivity index (χ1n) is 8.22. The van der Waals surface area contributed by atoms with Crippen LogP contribution in [-0.4, -0.2) is 24.8 Å². The van der Waals surface area contributed by atoms with Gasteiger partial charge in [-0.25, -0.2) is 0 Å². The predicted octanol–water partition coefficient (Wildman–Crippen LogP) is 3.21. The Hall–Kier alpha value is -0.120. The van der Waals surface area contributed by atoms with Crippen molar-refractivity contribution < 1.29 is 4.74 Å². The van der Waals surface area contributed by atoms with Gasteiger partial charge in [0.05, 0.1) is 6.10 Å². The Kier molecular flexibility index (Phi) is 8.67. The van der Waals surface area contributed by atoms with Crippen molar-refractivity contribution in [2.45, 2.75) is 89.8 Å². The Morgan fingerprint density at radius 2 is 1.68 bits per heavy atom. The molecular formula is C16H34N2O. The quantitative estimate of drug-likeness (QED) is 0.632. The molecule has 1 rings (SSSR count). The molecule has 0 aromatic carbocycles. The van der Waals surface area contributed by atoms with Crippen molar-refractivity contribution in [3.8, 4) is 0 Å². The van der Waals surface area contributed by atoms with Crippen LogP contribution in [-0.2, 0) is 4.74 Å². The largest absolute Gasteiger partial charge is 0.377 e. The average molecular weight is 270 g/mol. The van der Waals surface area contributed by atoms with Crippen molar-refractivity contribution in [1.82, 2.24) is 0 Å². The van der Waals surface area contributed by atoms with Gasteiger partial charge in [-0.2, -0.15) is 0 Å². The van der Waals surface area contributed by atoms with E-state index < -0.39 is 0 Å². The fourth-order valence-electron chi connectivity index (χ4n) is 2.84. The molecule has 0 aromatic heterocycles. The summed E-state index contributed by atoms with van der Waals surface area (Å²) in [6.07, 6.45) is 11.2. The fraction of sp³-hybridized carbons (Fsp3) is 1.00. The third-order valence-corrected chi connectivity index (χ3v) is 4.13. The van der Waals surface area contributed by atoms with E-state index in [-0.39, 0.29) is 18.2 Å². The van der Waals surface area contributed by atoms with Crippen LogP contribution in [0, 0.1) is 5.92 Å². The van der Waals surface area contributed by atoms with Gasteiger partial charge in [0.2, 0.25) is 0 Å². The van der Waals surface area contributed by atoms with E-state index in [1.165, 1.54) is 38.5 Å². The summed E-state index contributed by atoms with van der Waals surface area (Å²) in [5.74, 6) is 0.850. The minimum atomic E-state index is 0.148. The Balaban J connectivity index is 1.90. The Labute approximate surface area is 119 Å². The minimum Gasteiger partial charge on any atom is -0.377 e. The molecule has 3 nitrogen and oxygen atoms in total. The monoisotopic (exact) mass is 270 g/mol. The van der Waals surface area contributed by atoms with E-state index in [9.17, 15) is 0 Å². The molecule has 1 saturated carbocycles. The first kappa shape index (κ1) is 16.9. The summed E-state index contributed by atoms with van der Waals surface area (Å²) >= 11 is 0. The van der Waals surface area contributed by atoms with E-state index in [0.717, 1.165) is 31.8 Å². The summed E-state index contributed by atoms with van der Waals surface area (Å²) in [6, 6.07) is 0.436. The van der Waals surface area contributed by atoms with E-state index in [0.29, 0.717) is 0 Å². The Morgan fingerprint density at radius 3 is 2.37 bits per heavy atom. The van der Waals surface area contributed by atoms with Crippen LogP contribution in [0.5, 0.6) is 0 Å². The SMILES string of the molecule is CC(C)CCCCCCCOC1CCC(N)CC1N. The van der Waals surface area contributed by atoms with Gasteiger partial charge in [-0.1, -0.05) is 46.0 Å². The fourth-order valence-corrected chi connectivity index (χ4v) is 2.84. The summed E-state index contributed by atoms with van der Waals surface area (Å²) in [7, 11) is 0. The molecule has 0 aromatic rings. The smallest absolute Gasteiger partial charge is 0.0727 e. The molecule has 3 atom stereocenters. The lowest BCUT2D eigenvalue weighted by Gasteiger charge is -2.32. The molecule has 0 aliphatic heterocycles. The first-order valence-corrected chi connectivity index (χ1v) is 8.22. The number of nitrogens with two attached hydrogens (primary N) is 2. The molecule has 3 unspecified atom stereocenters. The van der Waals surface area contributed by atoms with Gasteiger partial charge in [0, 0.05) is 18.7 Å². The zero-order valence-electron chi connectivity index (χ0n) is 12.9. The maximum atomic E-state index is 6.07. The first-order chi connectivity index (χ1) is 9.09. The second-order valence-electron chi connectivity index (χ2n) is 6.60. The Bertz CT molecular complexity index is 221. The topological polar surface area (TPSA) is 61.3 Å². The second-order valence-corrected chi connectivity index (χ2v) is 6.60. The molecule has 0 bridgehead atoms. The maximum absolute atomic E-state index is 6.07. The highest BCUT2D eigenvalue weighted by Crippen LogP contribution is 2.19. The van der Waals surface area contributed by atoms with Crippen LogP contribution in [0.15, 0.2) is 0 Å². The maximum Gasteiger partial charge on any atom is 0.0727 e. The van der Waals surface area contributed by atoms with E-state index in [1.54, 1.807) is 0 Å². The molecule has 4 N–H and O–H groups in total. The third-order valence-electron chi connectivity index (χ3n) is 4.13. The summed E-state index contributed by atoms with van der Waals surface area (Å²) in [5.41, 5.74) is 12.0. The summed E-state index contributed by atoms with van der Waals surface area (Å²) < 4.78 is 5.91. The van der Waals surface area contributed by atoms with Gasteiger partial charge in [-0.3, -0.25) is 0 Å². The van der Waals surface area contributed by atoms with Crippen LogP contribution < -0.4 is 11.5 Å². The Morgan fingerprint density at radius 1 is 1.00 bits per heavy atom. The van der Waals surface area contributed by atoms with Crippen LogP contribution in [0.4, 0.5) is 0 Å². The van der Waals surface area contributed by atoms with Gasteiger partial charge in [-0.15, -0.1) is 0 Å². The predicted molar refractivity (Wildman–Crippen MR) is 82.1 cm³/mol. The molecule has 1 fully saturated rings. The average Bonchev–Trinajstić information content (AvgIpc) is 2.34. The summed E-state index contributed by atoms with van der Waals surface area (Å²) in [4.78, 5) is 0. The van der Waals surface area contributed by atoms with Gasteiger partial charge in [0.25, 0.3) is 0 Å². The van der Waals surface area contributed by atoms with E-state index >= 15 is 0 Å². The van der Waals surface area contributed by atoms with Gasteiger partial charge < -0.3 is 16.2 Å². The lowest BCUT2D eigenvalue weighted by molar-refractivity contribution is 0.00978. The number of hydrogen-bond acceptors (Lipinski definition) is 3. The molecule has 3 heteroatoms. The minimum absolute atomic E-state index is 0.148. The molecule has 0 saturated heterocycles. The highest BCUT2D eigenvalue weighted by Gasteiger charge is 2.26. The molecule has 0 spiro atoms. The zero-order valence-corrected chi connectivity index (χ0v) is 12.9. The molecule has 0 heterocycles. The van der Waals surface area contributed by atoms with Crippen molar-refractivity contribution in [2.24, 2.45) is 17.4 Å². The number of unbranched alkanes of at least 4 members (excludes halogenated alkanes) is 4. The van der Waals surface area contributed by atoms with E-state index in [4.69, 9.17) is 16.2 Å². The molecule has 0 radical (unpaired) electrons. The van der Waals surface area contributed by atoms with Gasteiger partial charge in [-0.05, 0) is 31.6 Å². The van der Waals surface area contributed by atoms with Crippen LogP contribution >= 0.6 is 0 Å². The van der Waals surface area contributed by atoms with Crippen LogP contribution in [0.25, 0.3) is 0 Å². The molecule has 0 amide bonds. The van der Waals surface area contributed by atoms with Crippen molar-refractivity contribution in [3.05, 3.63) is 0 Å².